The molecule has 0 aromatic heterocycles. The van der Waals surface area contributed by atoms with Crippen LogP contribution in [0.1, 0.15) is 46.5 Å². The molecule has 120 valence electrons. The summed E-state index contributed by atoms with van der Waals surface area (Å²) in [6, 6.07) is 0. The Morgan fingerprint density at radius 1 is 1.05 bits per heavy atom. The number of hydrogen-bond acceptors (Lipinski definition) is 5. The molecule has 0 aromatic rings. The van der Waals surface area contributed by atoms with E-state index in [1.807, 2.05) is 6.92 Å². The van der Waals surface area contributed by atoms with Gasteiger partial charge in [-0.2, -0.15) is 0 Å². The second-order valence-electron chi connectivity index (χ2n) is 7.51. The molecule has 8 atom stereocenters. The molecule has 0 aromatic carbocycles. The fourth-order valence-corrected chi connectivity index (χ4v) is 5.14. The normalized spacial score (nSPS) is 59.4. The Bertz CT molecular complexity index is 429. The zero-order valence-electron chi connectivity index (χ0n) is 13.3. The van der Waals surface area contributed by atoms with E-state index >= 15 is 0 Å². The van der Waals surface area contributed by atoms with Gasteiger partial charge in [-0.25, -0.2) is 9.78 Å². The maximum absolute atomic E-state index is 6.21. The van der Waals surface area contributed by atoms with Gasteiger partial charge in [0.1, 0.15) is 0 Å². The second-order valence-corrected chi connectivity index (χ2v) is 7.51. The van der Waals surface area contributed by atoms with E-state index in [4.69, 9.17) is 24.0 Å². The first-order chi connectivity index (χ1) is 10.00. The highest BCUT2D eigenvalue weighted by Gasteiger charge is 2.69. The number of rotatable bonds is 1. The van der Waals surface area contributed by atoms with E-state index in [1.54, 1.807) is 7.11 Å². The molecule has 2 bridgehead atoms. The van der Waals surface area contributed by atoms with Gasteiger partial charge in [-0.05, 0) is 38.0 Å². The average molecular weight is 298 g/mol. The highest BCUT2D eigenvalue weighted by atomic mass is 17.3. The van der Waals surface area contributed by atoms with Crippen molar-refractivity contribution >= 4 is 0 Å². The number of methoxy groups -OCH3 is 1. The van der Waals surface area contributed by atoms with Gasteiger partial charge in [-0.1, -0.05) is 13.8 Å². The molecule has 5 nitrogen and oxygen atoms in total. The summed E-state index contributed by atoms with van der Waals surface area (Å²) in [6.45, 7) is 6.46. The minimum Gasteiger partial charge on any atom is -0.355 e. The summed E-state index contributed by atoms with van der Waals surface area (Å²) in [5, 5.41) is 0. The van der Waals surface area contributed by atoms with Crippen molar-refractivity contribution in [3.8, 4) is 0 Å². The Hall–Kier alpha value is -0.200. The van der Waals surface area contributed by atoms with Gasteiger partial charge in [0.2, 0.25) is 5.79 Å². The van der Waals surface area contributed by atoms with E-state index in [2.05, 4.69) is 13.8 Å². The summed E-state index contributed by atoms with van der Waals surface area (Å²) in [5.74, 6) is 0.953. The predicted octanol–water partition coefficient (Wildman–Crippen LogP) is 2.84. The summed E-state index contributed by atoms with van der Waals surface area (Å²) in [6.07, 6.45) is 3.64. The van der Waals surface area contributed by atoms with Crippen LogP contribution < -0.4 is 0 Å². The Morgan fingerprint density at radius 2 is 1.86 bits per heavy atom. The third-order valence-corrected chi connectivity index (χ3v) is 6.33. The van der Waals surface area contributed by atoms with Crippen LogP contribution in [0.5, 0.6) is 0 Å². The summed E-state index contributed by atoms with van der Waals surface area (Å²) < 4.78 is 17.9. The third-order valence-electron chi connectivity index (χ3n) is 6.33. The maximum Gasteiger partial charge on any atom is 0.201 e. The zero-order chi connectivity index (χ0) is 14.8. The van der Waals surface area contributed by atoms with Gasteiger partial charge in [-0.3, -0.25) is 0 Å². The molecule has 0 N–H and O–H groups in total. The van der Waals surface area contributed by atoms with Crippen LogP contribution in [0, 0.1) is 23.7 Å². The predicted molar refractivity (Wildman–Crippen MR) is 73.8 cm³/mol. The first-order valence-electron chi connectivity index (χ1n) is 8.23. The van der Waals surface area contributed by atoms with Crippen molar-refractivity contribution in [1.82, 2.24) is 0 Å². The van der Waals surface area contributed by atoms with Crippen molar-refractivity contribution in [1.29, 1.82) is 0 Å². The van der Waals surface area contributed by atoms with Crippen molar-refractivity contribution < 1.29 is 24.0 Å². The van der Waals surface area contributed by atoms with Crippen molar-refractivity contribution in [3.05, 3.63) is 0 Å². The highest BCUT2D eigenvalue weighted by Crippen LogP contribution is 2.60. The molecule has 1 unspecified atom stereocenters. The van der Waals surface area contributed by atoms with Gasteiger partial charge in [0, 0.05) is 25.4 Å². The molecule has 4 aliphatic heterocycles. The second kappa shape index (κ2) is 4.65. The van der Waals surface area contributed by atoms with Crippen LogP contribution in [0.2, 0.25) is 0 Å². The lowest BCUT2D eigenvalue weighted by molar-refractivity contribution is -0.577. The lowest BCUT2D eigenvalue weighted by Gasteiger charge is -2.60. The van der Waals surface area contributed by atoms with Crippen LogP contribution in [-0.2, 0) is 24.0 Å². The lowest BCUT2D eigenvalue weighted by atomic mass is 9.58. The van der Waals surface area contributed by atoms with Gasteiger partial charge >= 0.3 is 0 Å². The van der Waals surface area contributed by atoms with Crippen molar-refractivity contribution in [2.45, 2.75) is 70.4 Å². The van der Waals surface area contributed by atoms with Crippen LogP contribution in [-0.4, -0.2) is 31.1 Å². The first-order valence-corrected chi connectivity index (χ1v) is 8.23. The molecule has 1 saturated carbocycles. The van der Waals surface area contributed by atoms with Crippen molar-refractivity contribution in [3.63, 3.8) is 0 Å². The molecular weight excluding hydrogens is 272 g/mol. The number of ether oxygens (including phenoxy) is 3. The fraction of sp³-hybridized carbons (Fsp3) is 1.00. The Balaban J connectivity index is 1.79. The van der Waals surface area contributed by atoms with Crippen LogP contribution in [0.4, 0.5) is 0 Å². The highest BCUT2D eigenvalue weighted by molar-refractivity contribution is 5.08. The molecule has 0 radical (unpaired) electrons. The van der Waals surface area contributed by atoms with Crippen LogP contribution in [0.15, 0.2) is 0 Å². The van der Waals surface area contributed by atoms with Gasteiger partial charge in [-0.15, -0.1) is 0 Å². The molecule has 5 fully saturated rings. The molecule has 4 saturated heterocycles. The topological polar surface area (TPSA) is 46.2 Å². The van der Waals surface area contributed by atoms with E-state index in [0.717, 1.165) is 19.3 Å². The van der Waals surface area contributed by atoms with Gasteiger partial charge < -0.3 is 14.2 Å². The molecule has 5 rings (SSSR count). The SMILES string of the molecule is COC1O[C@@H]2O[C@@]3(C)CC[C@H]4[C@H](C)CC[C@@H]([C@H]1C)[C@@]24OO3. The number of fused-ring (bicyclic) bond motifs is 2. The quantitative estimate of drug-likeness (QED) is 0.697. The molecule has 21 heavy (non-hydrogen) atoms. The molecule has 4 heterocycles. The molecule has 1 spiro atoms. The lowest BCUT2D eigenvalue weighted by Crippen LogP contribution is -2.70. The standard InChI is InChI=1S/C16H26O5/c1-9-5-6-12-10(2)13(17-4)18-14-16(12)11(9)7-8-15(3,19-14)20-21-16/h9-14H,5-8H2,1-4H3/t9-,10-,11+,12+,13?,14-,15-,16-/m1/s1. The first kappa shape index (κ1) is 14.4. The van der Waals surface area contributed by atoms with Gasteiger partial charge in [0.05, 0.1) is 0 Å². The smallest absolute Gasteiger partial charge is 0.201 e. The molecule has 0 amide bonds. The van der Waals surface area contributed by atoms with Crippen molar-refractivity contribution in [2.75, 3.05) is 7.11 Å². The Morgan fingerprint density at radius 3 is 2.62 bits per heavy atom. The van der Waals surface area contributed by atoms with Crippen LogP contribution >= 0.6 is 0 Å². The average Bonchev–Trinajstić information content (AvgIpc) is 2.69. The third kappa shape index (κ3) is 1.81. The summed E-state index contributed by atoms with van der Waals surface area (Å²) in [5.41, 5.74) is -0.470. The minimum atomic E-state index is -0.698. The molecule has 5 heteroatoms. The summed E-state index contributed by atoms with van der Waals surface area (Å²) in [7, 11) is 1.70. The van der Waals surface area contributed by atoms with E-state index in [9.17, 15) is 0 Å². The Kier molecular flexibility index (Phi) is 3.19. The van der Waals surface area contributed by atoms with E-state index in [0.29, 0.717) is 17.8 Å². The molecule has 5 aliphatic rings. The van der Waals surface area contributed by atoms with Crippen molar-refractivity contribution in [2.24, 2.45) is 23.7 Å². The van der Waals surface area contributed by atoms with E-state index in [-0.39, 0.29) is 12.2 Å². The monoisotopic (exact) mass is 298 g/mol. The van der Waals surface area contributed by atoms with E-state index in [1.165, 1.54) is 6.42 Å². The van der Waals surface area contributed by atoms with E-state index < -0.39 is 17.7 Å². The largest absolute Gasteiger partial charge is 0.355 e. The van der Waals surface area contributed by atoms with Gasteiger partial charge in [0.15, 0.2) is 18.2 Å². The zero-order valence-corrected chi connectivity index (χ0v) is 13.3. The Labute approximate surface area is 126 Å². The summed E-state index contributed by atoms with van der Waals surface area (Å²) in [4.78, 5) is 11.8. The fourth-order valence-electron chi connectivity index (χ4n) is 5.14. The minimum absolute atomic E-state index is 0.230. The number of hydrogen-bond donors (Lipinski definition) is 0. The summed E-state index contributed by atoms with van der Waals surface area (Å²) >= 11 is 0. The molecular formula is C16H26O5. The maximum atomic E-state index is 6.21. The van der Waals surface area contributed by atoms with Crippen LogP contribution in [0.25, 0.3) is 0 Å². The van der Waals surface area contributed by atoms with Gasteiger partial charge in [0.25, 0.3) is 0 Å². The molecule has 1 aliphatic carbocycles. The van der Waals surface area contributed by atoms with Crippen LogP contribution in [0.3, 0.4) is 0 Å².